The first-order valence-corrected chi connectivity index (χ1v) is 9.06. The highest BCUT2D eigenvalue weighted by Crippen LogP contribution is 2.21. The number of amides is 1. The fourth-order valence-electron chi connectivity index (χ4n) is 2.57. The maximum absolute atomic E-state index is 11.9. The fourth-order valence-corrected chi connectivity index (χ4v) is 3.52. The van der Waals surface area contributed by atoms with Crippen LogP contribution in [0.2, 0.25) is 0 Å². The van der Waals surface area contributed by atoms with Crippen LogP contribution in [0.1, 0.15) is 31.2 Å². The SMILES string of the molecule is COc1ccc(C(C)CCNC(=O)CC2CSCCN2)cc1.Cl. The molecule has 0 saturated carbocycles. The summed E-state index contributed by atoms with van der Waals surface area (Å²) in [5.41, 5.74) is 1.28. The minimum Gasteiger partial charge on any atom is -0.497 e. The number of ether oxygens (including phenoxy) is 1. The topological polar surface area (TPSA) is 50.4 Å². The van der Waals surface area contributed by atoms with Gasteiger partial charge in [-0.3, -0.25) is 4.79 Å². The van der Waals surface area contributed by atoms with Crippen molar-refractivity contribution in [3.8, 4) is 5.75 Å². The largest absolute Gasteiger partial charge is 0.497 e. The molecule has 0 radical (unpaired) electrons. The van der Waals surface area contributed by atoms with Gasteiger partial charge in [0.25, 0.3) is 0 Å². The number of methoxy groups -OCH3 is 1. The Morgan fingerprint density at radius 2 is 2.17 bits per heavy atom. The summed E-state index contributed by atoms with van der Waals surface area (Å²) < 4.78 is 5.17. The van der Waals surface area contributed by atoms with Gasteiger partial charge in [-0.15, -0.1) is 12.4 Å². The minimum atomic E-state index is 0. The molecule has 1 aliphatic rings. The minimum absolute atomic E-state index is 0. The standard InChI is InChI=1S/C17H26N2O2S.ClH/c1-13(14-3-5-16(21-2)6-4-14)7-8-19-17(20)11-15-12-22-10-9-18-15;/h3-6,13,15,18H,7-12H2,1-2H3,(H,19,20);1H. The third kappa shape index (κ3) is 7.02. The lowest BCUT2D eigenvalue weighted by Gasteiger charge is -2.22. The summed E-state index contributed by atoms with van der Waals surface area (Å²) in [7, 11) is 1.67. The highest BCUT2D eigenvalue weighted by molar-refractivity contribution is 7.99. The lowest BCUT2D eigenvalue weighted by Crippen LogP contribution is -2.41. The second-order valence-corrected chi connectivity index (χ2v) is 6.89. The van der Waals surface area contributed by atoms with Crippen molar-refractivity contribution in [2.75, 3.05) is 31.7 Å². The summed E-state index contributed by atoms with van der Waals surface area (Å²) in [4.78, 5) is 11.9. The summed E-state index contributed by atoms with van der Waals surface area (Å²) in [5, 5.41) is 6.43. The number of benzene rings is 1. The van der Waals surface area contributed by atoms with Crippen molar-refractivity contribution in [1.29, 1.82) is 0 Å². The summed E-state index contributed by atoms with van der Waals surface area (Å²) in [6.07, 6.45) is 1.54. The van der Waals surface area contributed by atoms with Crippen molar-refractivity contribution >= 4 is 30.1 Å². The van der Waals surface area contributed by atoms with Gasteiger partial charge in [-0.25, -0.2) is 0 Å². The number of carbonyl (C=O) groups excluding carboxylic acids is 1. The van der Waals surface area contributed by atoms with Crippen LogP contribution in [0, 0.1) is 0 Å². The van der Waals surface area contributed by atoms with Crippen molar-refractivity contribution in [3.05, 3.63) is 29.8 Å². The molecule has 130 valence electrons. The van der Waals surface area contributed by atoms with Gasteiger partial charge < -0.3 is 15.4 Å². The fraction of sp³-hybridized carbons (Fsp3) is 0.588. The molecule has 1 aromatic carbocycles. The van der Waals surface area contributed by atoms with Gasteiger partial charge in [0.1, 0.15) is 5.75 Å². The highest BCUT2D eigenvalue weighted by Gasteiger charge is 2.16. The molecule has 6 heteroatoms. The van der Waals surface area contributed by atoms with Gasteiger partial charge in [0.15, 0.2) is 0 Å². The van der Waals surface area contributed by atoms with E-state index >= 15 is 0 Å². The lowest BCUT2D eigenvalue weighted by molar-refractivity contribution is -0.121. The Hall–Kier alpha value is -0.910. The Kier molecular flexibility index (Phi) is 9.44. The molecule has 0 bridgehead atoms. The van der Waals surface area contributed by atoms with Crippen molar-refractivity contribution in [2.24, 2.45) is 0 Å². The summed E-state index contributed by atoms with van der Waals surface area (Å²) in [6, 6.07) is 8.48. The summed E-state index contributed by atoms with van der Waals surface area (Å²) in [5.74, 6) is 3.64. The number of halogens is 1. The first-order valence-electron chi connectivity index (χ1n) is 7.91. The van der Waals surface area contributed by atoms with Crippen molar-refractivity contribution in [3.63, 3.8) is 0 Å². The average Bonchev–Trinajstić information content (AvgIpc) is 2.55. The molecule has 1 aromatic rings. The number of rotatable bonds is 7. The van der Waals surface area contributed by atoms with E-state index in [1.807, 2.05) is 23.9 Å². The molecule has 2 N–H and O–H groups in total. The van der Waals surface area contributed by atoms with Gasteiger partial charge in [-0.05, 0) is 30.0 Å². The molecular weight excluding hydrogens is 332 g/mol. The molecule has 1 amide bonds. The Morgan fingerprint density at radius 3 is 2.78 bits per heavy atom. The third-order valence-electron chi connectivity index (χ3n) is 4.01. The molecule has 2 rings (SSSR count). The van der Waals surface area contributed by atoms with Crippen LogP contribution >= 0.6 is 24.2 Å². The molecule has 1 heterocycles. The van der Waals surface area contributed by atoms with E-state index in [1.165, 1.54) is 5.56 Å². The normalized spacial score (nSPS) is 18.6. The number of carbonyl (C=O) groups is 1. The van der Waals surface area contributed by atoms with Crippen LogP contribution in [-0.2, 0) is 4.79 Å². The third-order valence-corrected chi connectivity index (χ3v) is 5.15. The Balaban J connectivity index is 0.00000264. The van der Waals surface area contributed by atoms with Gasteiger partial charge in [0.2, 0.25) is 5.91 Å². The maximum Gasteiger partial charge on any atom is 0.221 e. The van der Waals surface area contributed by atoms with Crippen LogP contribution in [0.3, 0.4) is 0 Å². The van der Waals surface area contributed by atoms with Gasteiger partial charge in [0.05, 0.1) is 7.11 Å². The molecular formula is C17H27ClN2O2S. The summed E-state index contributed by atoms with van der Waals surface area (Å²) >= 11 is 1.92. The zero-order valence-electron chi connectivity index (χ0n) is 13.8. The predicted octanol–water partition coefficient (Wildman–Crippen LogP) is 2.82. The second-order valence-electron chi connectivity index (χ2n) is 5.74. The van der Waals surface area contributed by atoms with E-state index in [2.05, 4.69) is 29.7 Å². The van der Waals surface area contributed by atoms with Gasteiger partial charge in [0, 0.05) is 37.1 Å². The molecule has 2 unspecified atom stereocenters. The van der Waals surface area contributed by atoms with Crippen molar-refractivity contribution in [1.82, 2.24) is 10.6 Å². The summed E-state index contributed by atoms with van der Waals surface area (Å²) in [6.45, 7) is 3.93. The molecule has 0 aromatic heterocycles. The molecule has 4 nitrogen and oxygen atoms in total. The average molecular weight is 359 g/mol. The van der Waals surface area contributed by atoms with E-state index in [0.29, 0.717) is 18.4 Å². The van der Waals surface area contributed by atoms with E-state index in [4.69, 9.17) is 4.74 Å². The van der Waals surface area contributed by atoms with Crippen LogP contribution in [0.25, 0.3) is 0 Å². The van der Waals surface area contributed by atoms with Gasteiger partial charge >= 0.3 is 0 Å². The van der Waals surface area contributed by atoms with E-state index in [0.717, 1.165) is 36.8 Å². The second kappa shape index (κ2) is 10.8. The van der Waals surface area contributed by atoms with Crippen LogP contribution in [0.5, 0.6) is 5.75 Å². The molecule has 2 atom stereocenters. The predicted molar refractivity (Wildman–Crippen MR) is 100 cm³/mol. The van der Waals surface area contributed by atoms with Crippen LogP contribution in [0.4, 0.5) is 0 Å². The smallest absolute Gasteiger partial charge is 0.221 e. The first kappa shape index (κ1) is 20.1. The first-order chi connectivity index (χ1) is 10.7. The lowest BCUT2D eigenvalue weighted by atomic mass is 9.98. The van der Waals surface area contributed by atoms with E-state index in [1.54, 1.807) is 7.11 Å². The van der Waals surface area contributed by atoms with E-state index in [-0.39, 0.29) is 18.3 Å². The molecule has 1 saturated heterocycles. The number of thioether (sulfide) groups is 1. The molecule has 0 aliphatic carbocycles. The monoisotopic (exact) mass is 358 g/mol. The van der Waals surface area contributed by atoms with E-state index in [9.17, 15) is 4.79 Å². The quantitative estimate of drug-likeness (QED) is 0.787. The molecule has 0 spiro atoms. The molecule has 1 fully saturated rings. The van der Waals surface area contributed by atoms with E-state index < -0.39 is 0 Å². The van der Waals surface area contributed by atoms with Crippen LogP contribution in [-0.4, -0.2) is 43.7 Å². The van der Waals surface area contributed by atoms with Crippen molar-refractivity contribution < 1.29 is 9.53 Å². The Labute approximate surface area is 149 Å². The highest BCUT2D eigenvalue weighted by atomic mass is 35.5. The molecule has 1 aliphatic heterocycles. The van der Waals surface area contributed by atoms with Gasteiger partial charge in [-0.2, -0.15) is 11.8 Å². The number of hydrogen-bond acceptors (Lipinski definition) is 4. The zero-order chi connectivity index (χ0) is 15.8. The van der Waals surface area contributed by atoms with Crippen LogP contribution in [0.15, 0.2) is 24.3 Å². The maximum atomic E-state index is 11.9. The van der Waals surface area contributed by atoms with Crippen LogP contribution < -0.4 is 15.4 Å². The number of nitrogens with one attached hydrogen (secondary N) is 2. The Morgan fingerprint density at radius 1 is 1.43 bits per heavy atom. The zero-order valence-corrected chi connectivity index (χ0v) is 15.5. The van der Waals surface area contributed by atoms with Gasteiger partial charge in [-0.1, -0.05) is 19.1 Å². The number of hydrogen-bond donors (Lipinski definition) is 2. The molecule has 23 heavy (non-hydrogen) atoms. The van der Waals surface area contributed by atoms with Crippen molar-refractivity contribution in [2.45, 2.75) is 31.7 Å². The Bertz CT molecular complexity index is 464.